The van der Waals surface area contributed by atoms with Crippen LogP contribution in [0.2, 0.25) is 5.02 Å². The van der Waals surface area contributed by atoms with Crippen LogP contribution in [0.1, 0.15) is 11.7 Å². The number of hydrogen-bond acceptors (Lipinski definition) is 1. The number of aliphatic hydroxyl groups is 1. The lowest BCUT2D eigenvalue weighted by molar-refractivity contribution is -0.206. The minimum Gasteiger partial charge on any atom is -0.379 e. The molecule has 1 aromatic rings. The maximum atomic E-state index is 12.1. The summed E-state index contributed by atoms with van der Waals surface area (Å²) < 4.78 is 36.8. The van der Waals surface area contributed by atoms with E-state index < -0.39 is 12.3 Å². The Morgan fingerprint density at radius 2 is 1.93 bits per heavy atom. The molecule has 1 rings (SSSR count). The zero-order valence-corrected chi connectivity index (χ0v) is 8.99. The van der Waals surface area contributed by atoms with Crippen LogP contribution in [0.4, 0.5) is 13.2 Å². The predicted molar refractivity (Wildman–Crippen MR) is 50.2 cm³/mol. The van der Waals surface area contributed by atoms with Gasteiger partial charge in [0.05, 0.1) is 0 Å². The Morgan fingerprint density at radius 1 is 1.36 bits per heavy atom. The van der Waals surface area contributed by atoms with E-state index in [1.165, 1.54) is 12.1 Å². The van der Waals surface area contributed by atoms with E-state index in [1.54, 1.807) is 0 Å². The lowest BCUT2D eigenvalue weighted by atomic mass is 10.1. The zero-order valence-electron chi connectivity index (χ0n) is 6.65. The van der Waals surface area contributed by atoms with Crippen molar-refractivity contribution < 1.29 is 18.3 Å². The Morgan fingerprint density at radius 3 is 2.43 bits per heavy atom. The summed E-state index contributed by atoms with van der Waals surface area (Å²) in [6.45, 7) is 0. The third-order valence-corrected chi connectivity index (χ3v) is 2.40. The molecular formula is C8H5BrClF3O. The Hall–Kier alpha value is -0.260. The third kappa shape index (κ3) is 2.62. The van der Waals surface area contributed by atoms with Crippen molar-refractivity contribution in [3.8, 4) is 0 Å². The van der Waals surface area contributed by atoms with Crippen molar-refractivity contribution in [3.05, 3.63) is 33.3 Å². The molecule has 0 unspecified atom stereocenters. The largest absolute Gasteiger partial charge is 0.418 e. The lowest BCUT2D eigenvalue weighted by Crippen LogP contribution is -2.20. The van der Waals surface area contributed by atoms with Gasteiger partial charge in [0.25, 0.3) is 0 Å². The van der Waals surface area contributed by atoms with Crippen molar-refractivity contribution in [2.45, 2.75) is 12.3 Å². The van der Waals surface area contributed by atoms with Gasteiger partial charge in [-0.05, 0) is 18.2 Å². The molecule has 0 heterocycles. The van der Waals surface area contributed by atoms with Crippen LogP contribution in [0, 0.1) is 0 Å². The molecule has 1 atom stereocenters. The van der Waals surface area contributed by atoms with Crippen LogP contribution in [0.25, 0.3) is 0 Å². The van der Waals surface area contributed by atoms with Crippen molar-refractivity contribution in [2.75, 3.05) is 0 Å². The second-order valence-electron chi connectivity index (χ2n) is 2.61. The summed E-state index contributed by atoms with van der Waals surface area (Å²) >= 11 is 8.51. The molecule has 0 radical (unpaired) electrons. The Bertz CT molecular complexity index is 340. The fourth-order valence-electron chi connectivity index (χ4n) is 0.900. The van der Waals surface area contributed by atoms with Crippen LogP contribution >= 0.6 is 27.5 Å². The standard InChI is InChI=1S/C8H5BrClF3O/c9-4-1-2-6(10)5(3-4)7(14)8(11,12)13/h1-3,7,14H/t7-/m1/s1. The fourth-order valence-corrected chi connectivity index (χ4v) is 1.50. The van der Waals surface area contributed by atoms with E-state index in [2.05, 4.69) is 15.9 Å². The second kappa shape index (κ2) is 4.08. The van der Waals surface area contributed by atoms with Gasteiger partial charge in [0.1, 0.15) is 0 Å². The van der Waals surface area contributed by atoms with Gasteiger partial charge >= 0.3 is 6.18 Å². The Balaban J connectivity index is 3.12. The minimum atomic E-state index is -4.70. The van der Waals surface area contributed by atoms with Crippen LogP contribution < -0.4 is 0 Å². The van der Waals surface area contributed by atoms with Crippen LogP contribution in [0.3, 0.4) is 0 Å². The SMILES string of the molecule is O[C@H](c1cc(Br)ccc1Cl)C(F)(F)F. The monoisotopic (exact) mass is 288 g/mol. The molecule has 0 aliphatic rings. The van der Waals surface area contributed by atoms with Crippen molar-refractivity contribution in [1.82, 2.24) is 0 Å². The van der Waals surface area contributed by atoms with Gasteiger partial charge in [-0.2, -0.15) is 13.2 Å². The first-order chi connectivity index (χ1) is 6.32. The van der Waals surface area contributed by atoms with Crippen LogP contribution in [-0.4, -0.2) is 11.3 Å². The molecular weight excluding hydrogens is 284 g/mol. The topological polar surface area (TPSA) is 20.2 Å². The van der Waals surface area contributed by atoms with Crippen LogP contribution in [0.5, 0.6) is 0 Å². The van der Waals surface area contributed by atoms with Crippen molar-refractivity contribution in [1.29, 1.82) is 0 Å². The fraction of sp³-hybridized carbons (Fsp3) is 0.250. The molecule has 0 bridgehead atoms. The summed E-state index contributed by atoms with van der Waals surface area (Å²) in [5, 5.41) is 8.82. The first-order valence-corrected chi connectivity index (χ1v) is 4.69. The summed E-state index contributed by atoms with van der Waals surface area (Å²) in [7, 11) is 0. The Kier molecular flexibility index (Phi) is 3.44. The molecule has 1 N–H and O–H groups in total. The quantitative estimate of drug-likeness (QED) is 0.836. The van der Waals surface area contributed by atoms with E-state index in [0.29, 0.717) is 4.47 Å². The minimum absolute atomic E-state index is 0.113. The predicted octanol–water partition coefficient (Wildman–Crippen LogP) is 3.70. The third-order valence-electron chi connectivity index (χ3n) is 1.56. The molecule has 6 heteroatoms. The average Bonchev–Trinajstić information content (AvgIpc) is 2.06. The van der Waals surface area contributed by atoms with E-state index >= 15 is 0 Å². The highest BCUT2D eigenvalue weighted by atomic mass is 79.9. The summed E-state index contributed by atoms with van der Waals surface area (Å²) in [5.41, 5.74) is -0.353. The van der Waals surface area contributed by atoms with Crippen LogP contribution in [0.15, 0.2) is 22.7 Å². The lowest BCUT2D eigenvalue weighted by Gasteiger charge is -2.16. The van der Waals surface area contributed by atoms with Gasteiger partial charge in [-0.25, -0.2) is 0 Å². The molecule has 0 aromatic heterocycles. The van der Waals surface area contributed by atoms with Crippen LogP contribution in [-0.2, 0) is 0 Å². The molecule has 0 amide bonds. The van der Waals surface area contributed by atoms with Gasteiger partial charge in [-0.3, -0.25) is 0 Å². The molecule has 78 valence electrons. The highest BCUT2D eigenvalue weighted by Crippen LogP contribution is 2.36. The Labute approximate surface area is 91.6 Å². The van der Waals surface area contributed by atoms with Gasteiger partial charge < -0.3 is 5.11 Å². The van der Waals surface area contributed by atoms with E-state index in [-0.39, 0.29) is 10.6 Å². The molecule has 0 aliphatic heterocycles. The van der Waals surface area contributed by atoms with Crippen molar-refractivity contribution in [2.24, 2.45) is 0 Å². The normalized spacial score (nSPS) is 14.1. The number of benzene rings is 1. The maximum absolute atomic E-state index is 12.1. The summed E-state index contributed by atoms with van der Waals surface area (Å²) in [6, 6.07) is 3.92. The number of hydrogen-bond donors (Lipinski definition) is 1. The number of aliphatic hydroxyl groups excluding tert-OH is 1. The van der Waals surface area contributed by atoms with Gasteiger partial charge in [0.15, 0.2) is 6.10 Å². The van der Waals surface area contributed by atoms with Gasteiger partial charge in [0.2, 0.25) is 0 Å². The average molecular weight is 289 g/mol. The van der Waals surface area contributed by atoms with E-state index in [9.17, 15) is 13.2 Å². The first-order valence-electron chi connectivity index (χ1n) is 3.52. The highest BCUT2D eigenvalue weighted by molar-refractivity contribution is 9.10. The number of alkyl halides is 3. The molecule has 0 aliphatic carbocycles. The molecule has 14 heavy (non-hydrogen) atoms. The first kappa shape index (κ1) is 11.8. The molecule has 0 saturated heterocycles. The zero-order chi connectivity index (χ0) is 10.9. The molecule has 1 nitrogen and oxygen atoms in total. The molecule has 0 saturated carbocycles. The highest BCUT2D eigenvalue weighted by Gasteiger charge is 2.40. The van der Waals surface area contributed by atoms with Gasteiger partial charge in [0, 0.05) is 15.1 Å². The summed E-state index contributed by atoms with van der Waals surface area (Å²) in [6.07, 6.45) is -7.25. The van der Waals surface area contributed by atoms with Crippen molar-refractivity contribution in [3.63, 3.8) is 0 Å². The van der Waals surface area contributed by atoms with Gasteiger partial charge in [-0.15, -0.1) is 0 Å². The molecule has 1 aromatic carbocycles. The molecule has 0 spiro atoms. The van der Waals surface area contributed by atoms with E-state index in [4.69, 9.17) is 16.7 Å². The van der Waals surface area contributed by atoms with E-state index in [0.717, 1.165) is 6.07 Å². The maximum Gasteiger partial charge on any atom is 0.418 e. The van der Waals surface area contributed by atoms with E-state index in [1.807, 2.05) is 0 Å². The summed E-state index contributed by atoms with van der Waals surface area (Å²) in [4.78, 5) is 0. The molecule has 0 fully saturated rings. The van der Waals surface area contributed by atoms with Crippen molar-refractivity contribution >= 4 is 27.5 Å². The van der Waals surface area contributed by atoms with Gasteiger partial charge in [-0.1, -0.05) is 27.5 Å². The summed E-state index contributed by atoms with van der Waals surface area (Å²) in [5.74, 6) is 0. The number of halogens is 5. The second-order valence-corrected chi connectivity index (χ2v) is 3.93. The smallest absolute Gasteiger partial charge is 0.379 e. The number of rotatable bonds is 1.